The molecule has 0 amide bonds. The third-order valence-corrected chi connectivity index (χ3v) is 11.5. The van der Waals surface area contributed by atoms with E-state index in [9.17, 15) is 0 Å². The van der Waals surface area contributed by atoms with Gasteiger partial charge in [0, 0.05) is 31.4 Å². The zero-order valence-electron chi connectivity index (χ0n) is 27.0. The molecule has 1 saturated carbocycles. The summed E-state index contributed by atoms with van der Waals surface area (Å²) >= 11 is 1.47. The van der Waals surface area contributed by atoms with E-state index in [1.807, 2.05) is 6.20 Å². The number of fused-ring (bicyclic) bond motifs is 1. The van der Waals surface area contributed by atoms with Crippen molar-refractivity contribution in [3.05, 3.63) is 23.8 Å². The van der Waals surface area contributed by atoms with Crippen molar-refractivity contribution in [1.82, 2.24) is 29.0 Å². The van der Waals surface area contributed by atoms with Crippen molar-refractivity contribution in [2.45, 2.75) is 110 Å². The largest absolute Gasteiger partial charge is 0.381 e. The molecule has 1 aliphatic carbocycles. The number of rotatable bonds is 10. The molecule has 2 aliphatic heterocycles. The maximum absolute atomic E-state index is 6.04. The second-order valence-electron chi connectivity index (χ2n) is 13.9. The zero-order chi connectivity index (χ0) is 30.5. The van der Waals surface area contributed by atoms with Crippen LogP contribution in [0.25, 0.3) is 10.2 Å². The number of ether oxygens (including phenoxy) is 1. The number of terminal acetylenes is 1. The van der Waals surface area contributed by atoms with Crippen LogP contribution in [-0.4, -0.2) is 61.4 Å². The summed E-state index contributed by atoms with van der Waals surface area (Å²) in [6.45, 7) is 10.7. The van der Waals surface area contributed by atoms with Gasteiger partial charge in [-0.1, -0.05) is 32.1 Å². The molecule has 6 rings (SSSR count). The fourth-order valence-corrected chi connectivity index (χ4v) is 8.73. The third-order valence-electron chi connectivity index (χ3n) is 10.7. The predicted molar refractivity (Wildman–Crippen MR) is 179 cm³/mol. The van der Waals surface area contributed by atoms with E-state index in [2.05, 4.69) is 57.3 Å². The quantitative estimate of drug-likeness (QED) is 0.235. The lowest BCUT2D eigenvalue weighted by Crippen LogP contribution is -2.31. The average molecular weight is 618 g/mol. The normalized spacial score (nSPS) is 25.7. The van der Waals surface area contributed by atoms with Crippen molar-refractivity contribution in [2.24, 2.45) is 23.7 Å². The minimum atomic E-state index is 0.393. The first kappa shape index (κ1) is 31.4. The van der Waals surface area contributed by atoms with Crippen LogP contribution in [0.15, 0.2) is 12.4 Å². The molecule has 8 nitrogen and oxygen atoms in total. The monoisotopic (exact) mass is 617 g/mol. The summed E-state index contributed by atoms with van der Waals surface area (Å²) in [4.78, 5) is 13.4. The van der Waals surface area contributed by atoms with Crippen LogP contribution in [0.5, 0.6) is 0 Å². The highest BCUT2D eigenvalue weighted by molar-refractivity contribution is 7.13. The van der Waals surface area contributed by atoms with Crippen molar-refractivity contribution in [2.75, 3.05) is 31.6 Å². The summed E-state index contributed by atoms with van der Waals surface area (Å²) in [6, 6.07) is 1.01. The van der Waals surface area contributed by atoms with Crippen molar-refractivity contribution in [3.8, 4) is 12.3 Å². The lowest BCUT2D eigenvalue weighted by Gasteiger charge is -2.32. The van der Waals surface area contributed by atoms with Gasteiger partial charge in [0.1, 0.15) is 4.83 Å². The van der Waals surface area contributed by atoms with Gasteiger partial charge in [0.2, 0.25) is 5.95 Å². The molecule has 0 aromatic carbocycles. The molecule has 3 aromatic rings. The molecule has 2 saturated heterocycles. The molecule has 44 heavy (non-hydrogen) atoms. The molecule has 238 valence electrons. The van der Waals surface area contributed by atoms with E-state index in [-0.39, 0.29) is 0 Å². The van der Waals surface area contributed by atoms with Crippen LogP contribution in [-0.2, 0) is 11.2 Å². The van der Waals surface area contributed by atoms with E-state index in [4.69, 9.17) is 21.1 Å². The average Bonchev–Trinajstić information content (AvgIpc) is 3.59. The molecule has 0 radical (unpaired) electrons. The number of hydrogen-bond acceptors (Lipinski definition) is 8. The Labute approximate surface area is 267 Å². The van der Waals surface area contributed by atoms with Gasteiger partial charge in [0.15, 0.2) is 0 Å². The van der Waals surface area contributed by atoms with E-state index in [1.54, 1.807) is 0 Å². The Morgan fingerprint density at radius 3 is 2.59 bits per heavy atom. The fraction of sp³-hybridized carbons (Fsp3) is 0.714. The first-order valence-corrected chi connectivity index (χ1v) is 18.0. The topological polar surface area (TPSA) is 81.0 Å². The Hall–Kier alpha value is -2.54. The molecular weight excluding hydrogens is 567 g/mol. The SMILES string of the molecule is C#CC1CCN(C(C)C)CCC1CC1CCC(CCCc2nc(Nc3cnn(C4CCOCC4)c3)nc3snc(C)c23)CC1. The summed E-state index contributed by atoms with van der Waals surface area (Å²) in [5.74, 6) is 6.67. The Bertz CT molecular complexity index is 1400. The first-order chi connectivity index (χ1) is 21.5. The zero-order valence-corrected chi connectivity index (χ0v) is 27.8. The molecule has 3 fully saturated rings. The van der Waals surface area contributed by atoms with Gasteiger partial charge in [-0.3, -0.25) is 4.68 Å². The first-order valence-electron chi connectivity index (χ1n) is 17.2. The standard InChI is InChI=1S/C35H51N7OS/c1-5-28-13-17-41(24(2)3)18-14-29(28)21-27-11-9-26(10-12-27)7-6-8-32-33-25(4)40-44-34(33)39-35(38-32)37-30-22-36-42(23-30)31-15-19-43-20-16-31/h1,22-24,26-29,31H,6-21H2,2-4H3,(H,37,38,39). The smallest absolute Gasteiger partial charge is 0.228 e. The van der Waals surface area contributed by atoms with Gasteiger partial charge in [-0.15, -0.1) is 12.3 Å². The minimum Gasteiger partial charge on any atom is -0.381 e. The fourth-order valence-electron chi connectivity index (χ4n) is 7.93. The number of aryl methyl sites for hydroxylation is 2. The Balaban J connectivity index is 1.01. The van der Waals surface area contributed by atoms with Gasteiger partial charge >= 0.3 is 0 Å². The maximum Gasteiger partial charge on any atom is 0.228 e. The van der Waals surface area contributed by atoms with Crippen LogP contribution in [0, 0.1) is 42.9 Å². The van der Waals surface area contributed by atoms with E-state index >= 15 is 0 Å². The highest BCUT2D eigenvalue weighted by atomic mass is 32.1. The molecule has 2 atom stereocenters. The molecule has 9 heteroatoms. The second-order valence-corrected chi connectivity index (χ2v) is 14.6. The van der Waals surface area contributed by atoms with Gasteiger partial charge in [0.05, 0.1) is 34.7 Å². The van der Waals surface area contributed by atoms with Gasteiger partial charge < -0.3 is 15.0 Å². The molecule has 1 N–H and O–H groups in total. The summed E-state index contributed by atoms with van der Waals surface area (Å²) in [5, 5.41) is 9.18. The molecular formula is C35H51N7OS. The lowest BCUT2D eigenvalue weighted by molar-refractivity contribution is 0.0662. The highest BCUT2D eigenvalue weighted by Gasteiger charge is 2.30. The Morgan fingerprint density at radius 1 is 1.05 bits per heavy atom. The van der Waals surface area contributed by atoms with Crippen LogP contribution in [0.4, 0.5) is 11.6 Å². The van der Waals surface area contributed by atoms with E-state index in [1.165, 1.54) is 69.4 Å². The molecule has 5 heterocycles. The van der Waals surface area contributed by atoms with Gasteiger partial charge in [-0.2, -0.15) is 14.5 Å². The van der Waals surface area contributed by atoms with E-state index in [0.29, 0.717) is 29.9 Å². The van der Waals surface area contributed by atoms with Crippen molar-refractivity contribution >= 4 is 33.4 Å². The van der Waals surface area contributed by atoms with Gasteiger partial charge in [-0.25, -0.2) is 4.98 Å². The Morgan fingerprint density at radius 2 is 1.82 bits per heavy atom. The number of likely N-dealkylation sites (tertiary alicyclic amines) is 1. The molecule has 0 bridgehead atoms. The van der Waals surface area contributed by atoms with Crippen LogP contribution in [0.2, 0.25) is 0 Å². The van der Waals surface area contributed by atoms with Gasteiger partial charge in [-0.05, 0) is 108 Å². The number of aromatic nitrogens is 5. The summed E-state index contributed by atoms with van der Waals surface area (Å²) in [5.41, 5.74) is 3.09. The summed E-state index contributed by atoms with van der Waals surface area (Å²) in [6.07, 6.45) is 24.6. The molecule has 2 unspecified atom stereocenters. The lowest BCUT2D eigenvalue weighted by atomic mass is 9.73. The molecule has 3 aromatic heterocycles. The maximum atomic E-state index is 6.04. The van der Waals surface area contributed by atoms with Crippen LogP contribution in [0.1, 0.15) is 102 Å². The number of hydrogen-bond donors (Lipinski definition) is 1. The van der Waals surface area contributed by atoms with E-state index < -0.39 is 0 Å². The predicted octanol–water partition coefficient (Wildman–Crippen LogP) is 7.58. The van der Waals surface area contributed by atoms with Crippen LogP contribution < -0.4 is 5.32 Å². The molecule has 3 aliphatic rings. The van der Waals surface area contributed by atoms with Crippen LogP contribution >= 0.6 is 11.5 Å². The van der Waals surface area contributed by atoms with E-state index in [0.717, 1.165) is 84.6 Å². The van der Waals surface area contributed by atoms with Crippen molar-refractivity contribution in [1.29, 1.82) is 0 Å². The number of nitrogens with one attached hydrogen (secondary N) is 1. The third kappa shape index (κ3) is 7.63. The summed E-state index contributed by atoms with van der Waals surface area (Å²) < 4.78 is 12.2. The van der Waals surface area contributed by atoms with Crippen molar-refractivity contribution in [3.63, 3.8) is 0 Å². The number of nitrogens with zero attached hydrogens (tertiary/aromatic N) is 6. The van der Waals surface area contributed by atoms with Gasteiger partial charge in [0.25, 0.3) is 0 Å². The summed E-state index contributed by atoms with van der Waals surface area (Å²) in [7, 11) is 0. The second kappa shape index (κ2) is 14.7. The van der Waals surface area contributed by atoms with Crippen LogP contribution in [0.3, 0.4) is 0 Å². The van der Waals surface area contributed by atoms with Crippen molar-refractivity contribution < 1.29 is 4.74 Å². The molecule has 0 spiro atoms. The minimum absolute atomic E-state index is 0.393. The number of anilines is 2. The highest BCUT2D eigenvalue weighted by Crippen LogP contribution is 2.39. The Kier molecular flexibility index (Phi) is 10.5.